The molecule has 1 rings (SSSR count). The summed E-state index contributed by atoms with van der Waals surface area (Å²) < 4.78 is 5.75. The van der Waals surface area contributed by atoms with Crippen molar-refractivity contribution in [3.8, 4) is 0 Å². The predicted octanol–water partition coefficient (Wildman–Crippen LogP) is 2.00. The summed E-state index contributed by atoms with van der Waals surface area (Å²) >= 11 is 0. The molecule has 96 valence electrons. The first-order chi connectivity index (χ1) is 7.59. The first-order valence-corrected chi connectivity index (χ1v) is 6.68. The Morgan fingerprint density at radius 1 is 1.31 bits per heavy atom. The topological polar surface area (TPSA) is 38.5 Å². The average molecular weight is 228 g/mol. The van der Waals surface area contributed by atoms with Crippen LogP contribution in [0.5, 0.6) is 0 Å². The summed E-state index contributed by atoms with van der Waals surface area (Å²) in [6.07, 6.45) is 6.26. The van der Waals surface area contributed by atoms with Crippen molar-refractivity contribution in [2.24, 2.45) is 5.73 Å². The van der Waals surface area contributed by atoms with Crippen LogP contribution in [0.2, 0.25) is 0 Å². The summed E-state index contributed by atoms with van der Waals surface area (Å²) in [6.45, 7) is 7.29. The number of hydrogen-bond acceptors (Lipinski definition) is 3. The van der Waals surface area contributed by atoms with E-state index in [1.54, 1.807) is 0 Å². The van der Waals surface area contributed by atoms with Crippen molar-refractivity contribution in [1.29, 1.82) is 0 Å². The van der Waals surface area contributed by atoms with Crippen LogP contribution < -0.4 is 5.73 Å². The maximum Gasteiger partial charge on any atom is 0.0701 e. The third kappa shape index (κ3) is 4.40. The highest BCUT2D eigenvalue weighted by Crippen LogP contribution is 2.16. The summed E-state index contributed by atoms with van der Waals surface area (Å²) in [7, 11) is 2.16. The van der Waals surface area contributed by atoms with Gasteiger partial charge in [-0.1, -0.05) is 13.8 Å². The van der Waals surface area contributed by atoms with Gasteiger partial charge in [-0.3, -0.25) is 0 Å². The Hall–Kier alpha value is -0.120. The maximum absolute atomic E-state index is 6.32. The quantitative estimate of drug-likeness (QED) is 0.756. The fourth-order valence-corrected chi connectivity index (χ4v) is 2.37. The van der Waals surface area contributed by atoms with E-state index in [-0.39, 0.29) is 5.54 Å². The lowest BCUT2D eigenvalue weighted by atomic mass is 9.93. The zero-order valence-electron chi connectivity index (χ0n) is 11.2. The van der Waals surface area contributed by atoms with Gasteiger partial charge in [0.25, 0.3) is 0 Å². The predicted molar refractivity (Wildman–Crippen MR) is 68.6 cm³/mol. The van der Waals surface area contributed by atoms with Crippen molar-refractivity contribution in [3.05, 3.63) is 0 Å². The van der Waals surface area contributed by atoms with Crippen molar-refractivity contribution in [2.45, 2.75) is 57.6 Å². The standard InChI is InChI=1S/C13H28N2O/c1-4-13(14,5-2)11-15(3)10-12-8-6-7-9-16-12/h12H,4-11,14H2,1-3H3. The monoisotopic (exact) mass is 228 g/mol. The third-order valence-corrected chi connectivity index (χ3v) is 3.78. The van der Waals surface area contributed by atoms with Gasteiger partial charge in [0.05, 0.1) is 6.10 Å². The Labute approximate surface area is 100 Å². The van der Waals surface area contributed by atoms with Gasteiger partial charge in [0.1, 0.15) is 0 Å². The van der Waals surface area contributed by atoms with Crippen LogP contribution in [-0.2, 0) is 4.74 Å². The zero-order chi connectivity index (χ0) is 12.0. The summed E-state index contributed by atoms with van der Waals surface area (Å²) in [6, 6.07) is 0. The minimum atomic E-state index is -0.0244. The van der Waals surface area contributed by atoms with E-state index in [0.29, 0.717) is 6.10 Å². The molecule has 1 fully saturated rings. The van der Waals surface area contributed by atoms with Gasteiger partial charge in [-0.25, -0.2) is 0 Å². The Morgan fingerprint density at radius 3 is 2.50 bits per heavy atom. The highest BCUT2D eigenvalue weighted by molar-refractivity contribution is 4.84. The molecule has 0 aromatic carbocycles. The SMILES string of the molecule is CCC(N)(CC)CN(C)CC1CCCCO1. The highest BCUT2D eigenvalue weighted by atomic mass is 16.5. The van der Waals surface area contributed by atoms with Crippen molar-refractivity contribution in [2.75, 3.05) is 26.7 Å². The summed E-state index contributed by atoms with van der Waals surface area (Å²) in [5.41, 5.74) is 6.30. The Bertz CT molecular complexity index is 186. The molecule has 0 saturated carbocycles. The van der Waals surface area contributed by atoms with E-state index in [0.717, 1.165) is 32.5 Å². The van der Waals surface area contributed by atoms with E-state index in [1.165, 1.54) is 19.3 Å². The second-order valence-electron chi connectivity index (χ2n) is 5.25. The van der Waals surface area contributed by atoms with Crippen LogP contribution >= 0.6 is 0 Å². The van der Waals surface area contributed by atoms with Crippen LogP contribution in [0.4, 0.5) is 0 Å². The lowest BCUT2D eigenvalue weighted by molar-refractivity contribution is -0.00456. The normalized spacial score (nSPS) is 22.7. The molecule has 2 N–H and O–H groups in total. The van der Waals surface area contributed by atoms with E-state index in [2.05, 4.69) is 25.8 Å². The molecule has 0 aromatic heterocycles. The first kappa shape index (κ1) is 13.9. The molecular weight excluding hydrogens is 200 g/mol. The fraction of sp³-hybridized carbons (Fsp3) is 1.00. The molecule has 1 aliphatic rings. The van der Waals surface area contributed by atoms with Crippen molar-refractivity contribution < 1.29 is 4.74 Å². The molecule has 0 aliphatic carbocycles. The minimum Gasteiger partial charge on any atom is -0.377 e. The second kappa shape index (κ2) is 6.58. The minimum absolute atomic E-state index is 0.0244. The molecule has 16 heavy (non-hydrogen) atoms. The molecule has 0 radical (unpaired) electrons. The zero-order valence-corrected chi connectivity index (χ0v) is 11.2. The van der Waals surface area contributed by atoms with Crippen LogP contribution in [0.15, 0.2) is 0 Å². The molecule has 1 aliphatic heterocycles. The number of likely N-dealkylation sites (N-methyl/N-ethyl adjacent to an activating group) is 1. The summed E-state index contributed by atoms with van der Waals surface area (Å²) in [4.78, 5) is 2.34. The van der Waals surface area contributed by atoms with Gasteiger partial charge < -0.3 is 15.4 Å². The molecule has 0 aromatic rings. The Morgan fingerprint density at radius 2 is 2.00 bits per heavy atom. The summed E-state index contributed by atoms with van der Waals surface area (Å²) in [5.74, 6) is 0. The van der Waals surface area contributed by atoms with Crippen molar-refractivity contribution in [3.63, 3.8) is 0 Å². The van der Waals surface area contributed by atoms with Gasteiger partial charge in [0.2, 0.25) is 0 Å². The Balaban J connectivity index is 2.30. The van der Waals surface area contributed by atoms with Crippen molar-refractivity contribution in [1.82, 2.24) is 4.90 Å². The number of nitrogens with zero attached hydrogens (tertiary/aromatic N) is 1. The molecule has 1 saturated heterocycles. The largest absolute Gasteiger partial charge is 0.377 e. The van der Waals surface area contributed by atoms with Crippen LogP contribution in [-0.4, -0.2) is 43.3 Å². The van der Waals surface area contributed by atoms with Crippen LogP contribution in [0.3, 0.4) is 0 Å². The lowest BCUT2D eigenvalue weighted by Crippen LogP contribution is -2.50. The molecule has 0 spiro atoms. The Kier molecular flexibility index (Phi) is 5.73. The number of ether oxygens (including phenoxy) is 1. The van der Waals surface area contributed by atoms with Crippen molar-refractivity contribution >= 4 is 0 Å². The number of rotatable bonds is 6. The van der Waals surface area contributed by atoms with E-state index in [1.807, 2.05) is 0 Å². The van der Waals surface area contributed by atoms with Crippen LogP contribution in [0, 0.1) is 0 Å². The molecule has 1 heterocycles. The van der Waals surface area contributed by atoms with Gasteiger partial charge in [-0.2, -0.15) is 0 Å². The third-order valence-electron chi connectivity index (χ3n) is 3.78. The molecule has 0 amide bonds. The van der Waals surface area contributed by atoms with E-state index < -0.39 is 0 Å². The number of hydrogen-bond donors (Lipinski definition) is 1. The van der Waals surface area contributed by atoms with Gasteiger partial charge in [0, 0.05) is 25.2 Å². The average Bonchev–Trinajstić information content (AvgIpc) is 2.30. The number of nitrogens with two attached hydrogens (primary N) is 1. The fourth-order valence-electron chi connectivity index (χ4n) is 2.37. The second-order valence-corrected chi connectivity index (χ2v) is 5.25. The van der Waals surface area contributed by atoms with Gasteiger partial charge in [-0.15, -0.1) is 0 Å². The molecule has 1 atom stereocenters. The van der Waals surface area contributed by atoms with E-state index in [9.17, 15) is 0 Å². The first-order valence-electron chi connectivity index (χ1n) is 6.68. The van der Waals surface area contributed by atoms with Crippen LogP contribution in [0.25, 0.3) is 0 Å². The van der Waals surface area contributed by atoms with E-state index in [4.69, 9.17) is 10.5 Å². The highest BCUT2D eigenvalue weighted by Gasteiger charge is 2.24. The van der Waals surface area contributed by atoms with Gasteiger partial charge in [0.15, 0.2) is 0 Å². The van der Waals surface area contributed by atoms with Crippen LogP contribution in [0.1, 0.15) is 46.0 Å². The van der Waals surface area contributed by atoms with E-state index >= 15 is 0 Å². The molecule has 0 bridgehead atoms. The molecule has 3 heteroatoms. The maximum atomic E-state index is 6.32. The summed E-state index contributed by atoms with van der Waals surface area (Å²) in [5, 5.41) is 0. The molecule has 3 nitrogen and oxygen atoms in total. The molecular formula is C13H28N2O. The van der Waals surface area contributed by atoms with Gasteiger partial charge in [-0.05, 0) is 39.2 Å². The smallest absolute Gasteiger partial charge is 0.0701 e. The molecule has 1 unspecified atom stereocenters. The van der Waals surface area contributed by atoms with Gasteiger partial charge >= 0.3 is 0 Å². The lowest BCUT2D eigenvalue weighted by Gasteiger charge is -2.34.